The Kier molecular flexibility index (Phi) is 3.22. The Labute approximate surface area is 85.7 Å². The quantitative estimate of drug-likeness (QED) is 0.763. The molecule has 0 heterocycles. The summed E-state index contributed by atoms with van der Waals surface area (Å²) in [6.45, 7) is 0. The third kappa shape index (κ3) is 3.69. The minimum Gasteiger partial charge on any atom is -0.205 e. The van der Waals surface area contributed by atoms with E-state index in [2.05, 4.69) is 20.3 Å². The number of benzene rings is 1. The van der Waals surface area contributed by atoms with E-state index in [1.54, 1.807) is 6.07 Å². The molecule has 1 aromatic rings. The van der Waals surface area contributed by atoms with E-state index in [1.807, 2.05) is 18.2 Å². The van der Waals surface area contributed by atoms with Crippen molar-refractivity contribution in [3.8, 4) is 0 Å². The molecule has 0 N–H and O–H groups in total. The average molecular weight is 262 g/mol. The van der Waals surface area contributed by atoms with Gasteiger partial charge in [0.15, 0.2) is 0 Å². The largest absolute Gasteiger partial charge is 0.250 e. The van der Waals surface area contributed by atoms with E-state index in [0.29, 0.717) is 0 Å². The number of hydrogen-bond donors (Lipinski definition) is 0. The molecule has 70 valence electrons. The molecule has 0 saturated heterocycles. The summed E-state index contributed by atoms with van der Waals surface area (Å²) >= 11 is 3.28. The first-order valence-electron chi connectivity index (χ1n) is 3.49. The first kappa shape index (κ1) is 10.4. The summed E-state index contributed by atoms with van der Waals surface area (Å²) in [7, 11) is -3.29. The SMILES string of the molecule is CS(=O)(=O)/N=C/c1ccccc1Br. The molecule has 0 aliphatic rings. The molecule has 0 amide bonds. The van der Waals surface area contributed by atoms with E-state index in [4.69, 9.17) is 0 Å². The van der Waals surface area contributed by atoms with Crippen molar-refractivity contribution in [3.05, 3.63) is 34.3 Å². The Morgan fingerprint density at radius 2 is 2.00 bits per heavy atom. The second kappa shape index (κ2) is 4.02. The lowest BCUT2D eigenvalue weighted by Crippen LogP contribution is -1.92. The number of hydrogen-bond acceptors (Lipinski definition) is 2. The molecular weight excluding hydrogens is 254 g/mol. The normalized spacial score (nSPS) is 12.2. The van der Waals surface area contributed by atoms with E-state index in [1.165, 1.54) is 6.21 Å². The monoisotopic (exact) mass is 261 g/mol. The fourth-order valence-corrected chi connectivity index (χ4v) is 1.42. The van der Waals surface area contributed by atoms with Crippen molar-refractivity contribution in [2.45, 2.75) is 0 Å². The van der Waals surface area contributed by atoms with Crippen molar-refractivity contribution >= 4 is 32.2 Å². The maximum Gasteiger partial charge on any atom is 0.250 e. The van der Waals surface area contributed by atoms with E-state index in [0.717, 1.165) is 16.3 Å². The van der Waals surface area contributed by atoms with Crippen molar-refractivity contribution in [3.63, 3.8) is 0 Å². The first-order chi connectivity index (χ1) is 5.99. The van der Waals surface area contributed by atoms with Gasteiger partial charge in [0.05, 0.1) is 6.26 Å². The van der Waals surface area contributed by atoms with Crippen molar-refractivity contribution in [1.29, 1.82) is 0 Å². The number of rotatable bonds is 2. The molecule has 3 nitrogen and oxygen atoms in total. The van der Waals surface area contributed by atoms with Gasteiger partial charge in [0.1, 0.15) is 0 Å². The summed E-state index contributed by atoms with van der Waals surface area (Å²) in [5.41, 5.74) is 0.743. The predicted octanol–water partition coefficient (Wildman–Crippen LogP) is 1.83. The number of nitrogens with zero attached hydrogens (tertiary/aromatic N) is 1. The lowest BCUT2D eigenvalue weighted by Gasteiger charge is -1.94. The third-order valence-electron chi connectivity index (χ3n) is 1.29. The molecule has 0 fully saturated rings. The highest BCUT2D eigenvalue weighted by Crippen LogP contribution is 2.13. The number of sulfonamides is 1. The van der Waals surface area contributed by atoms with Crippen LogP contribution in [-0.2, 0) is 10.0 Å². The van der Waals surface area contributed by atoms with Gasteiger partial charge in [-0.1, -0.05) is 34.1 Å². The molecule has 1 aromatic carbocycles. The predicted molar refractivity (Wildman–Crippen MR) is 56.6 cm³/mol. The van der Waals surface area contributed by atoms with E-state index in [9.17, 15) is 8.42 Å². The van der Waals surface area contributed by atoms with Gasteiger partial charge in [0.25, 0.3) is 0 Å². The molecule has 0 aliphatic heterocycles. The second-order valence-corrected chi connectivity index (χ2v) is 5.02. The van der Waals surface area contributed by atoms with Crippen LogP contribution in [0.4, 0.5) is 0 Å². The lowest BCUT2D eigenvalue weighted by atomic mass is 10.2. The zero-order valence-corrected chi connectivity index (χ0v) is 9.34. The molecule has 0 aliphatic carbocycles. The molecule has 0 bridgehead atoms. The van der Waals surface area contributed by atoms with Crippen molar-refractivity contribution in [2.24, 2.45) is 4.40 Å². The van der Waals surface area contributed by atoms with Gasteiger partial charge in [-0.2, -0.15) is 4.40 Å². The van der Waals surface area contributed by atoms with Gasteiger partial charge in [0.2, 0.25) is 10.0 Å². The summed E-state index contributed by atoms with van der Waals surface area (Å²) in [5.74, 6) is 0. The number of halogens is 1. The maximum atomic E-state index is 10.7. The van der Waals surface area contributed by atoms with Crippen molar-refractivity contribution in [2.75, 3.05) is 6.26 Å². The first-order valence-corrected chi connectivity index (χ1v) is 6.13. The van der Waals surface area contributed by atoms with Crippen molar-refractivity contribution < 1.29 is 8.42 Å². The van der Waals surface area contributed by atoms with Gasteiger partial charge in [-0.05, 0) is 6.07 Å². The summed E-state index contributed by atoms with van der Waals surface area (Å²) in [4.78, 5) is 0. The Morgan fingerprint density at radius 1 is 1.38 bits per heavy atom. The second-order valence-electron chi connectivity index (χ2n) is 2.49. The van der Waals surface area contributed by atoms with Crippen LogP contribution in [0, 0.1) is 0 Å². The fourth-order valence-electron chi connectivity index (χ4n) is 0.732. The van der Waals surface area contributed by atoms with Gasteiger partial charge in [-0.15, -0.1) is 0 Å². The highest BCUT2D eigenvalue weighted by Gasteiger charge is 1.97. The van der Waals surface area contributed by atoms with Gasteiger partial charge >= 0.3 is 0 Å². The van der Waals surface area contributed by atoms with Crippen LogP contribution in [0.2, 0.25) is 0 Å². The Balaban J connectivity index is 3.00. The highest BCUT2D eigenvalue weighted by atomic mass is 79.9. The average Bonchev–Trinajstić information content (AvgIpc) is 2.01. The smallest absolute Gasteiger partial charge is 0.205 e. The summed E-state index contributed by atoms with van der Waals surface area (Å²) in [5, 5.41) is 0. The molecule has 13 heavy (non-hydrogen) atoms. The molecule has 0 radical (unpaired) electrons. The molecular formula is C8H8BrNO2S. The van der Waals surface area contributed by atoms with Crippen LogP contribution in [0.25, 0.3) is 0 Å². The van der Waals surface area contributed by atoms with Crippen LogP contribution in [0.5, 0.6) is 0 Å². The Bertz CT molecular complexity index is 426. The van der Waals surface area contributed by atoms with Crippen LogP contribution in [0.1, 0.15) is 5.56 Å². The van der Waals surface area contributed by atoms with Gasteiger partial charge in [-0.25, -0.2) is 8.42 Å². The fraction of sp³-hybridized carbons (Fsp3) is 0.125. The molecule has 0 unspecified atom stereocenters. The van der Waals surface area contributed by atoms with E-state index >= 15 is 0 Å². The van der Waals surface area contributed by atoms with Crippen LogP contribution in [0.15, 0.2) is 33.1 Å². The minimum atomic E-state index is -3.29. The van der Waals surface area contributed by atoms with Crippen LogP contribution in [0.3, 0.4) is 0 Å². The van der Waals surface area contributed by atoms with E-state index in [-0.39, 0.29) is 0 Å². The molecule has 5 heteroatoms. The summed E-state index contributed by atoms with van der Waals surface area (Å²) in [6, 6.07) is 7.26. The zero-order chi connectivity index (χ0) is 9.90. The van der Waals surface area contributed by atoms with Gasteiger partial charge in [0, 0.05) is 16.3 Å². The molecule has 0 saturated carbocycles. The molecule has 0 aromatic heterocycles. The third-order valence-corrected chi connectivity index (χ3v) is 2.50. The topological polar surface area (TPSA) is 46.5 Å². The maximum absolute atomic E-state index is 10.7. The molecule has 1 rings (SSSR count). The molecule has 0 spiro atoms. The lowest BCUT2D eigenvalue weighted by molar-refractivity contribution is 0.604. The Morgan fingerprint density at radius 3 is 2.54 bits per heavy atom. The highest BCUT2D eigenvalue weighted by molar-refractivity contribution is 9.10. The zero-order valence-electron chi connectivity index (χ0n) is 6.94. The van der Waals surface area contributed by atoms with Gasteiger partial charge < -0.3 is 0 Å². The molecule has 0 atom stereocenters. The Hall–Kier alpha value is -0.680. The van der Waals surface area contributed by atoms with Gasteiger partial charge in [-0.3, -0.25) is 0 Å². The van der Waals surface area contributed by atoms with E-state index < -0.39 is 10.0 Å². The van der Waals surface area contributed by atoms with Crippen molar-refractivity contribution in [1.82, 2.24) is 0 Å². The van der Waals surface area contributed by atoms with Crippen LogP contribution < -0.4 is 0 Å². The summed E-state index contributed by atoms with van der Waals surface area (Å²) in [6.07, 6.45) is 2.37. The minimum absolute atomic E-state index is 0.743. The summed E-state index contributed by atoms with van der Waals surface area (Å²) < 4.78 is 25.6. The standard InChI is InChI=1S/C8H8BrNO2S/c1-13(11,12)10-6-7-4-2-3-5-8(7)9/h2-6H,1H3/b10-6+. The van der Waals surface area contributed by atoms with Crippen LogP contribution in [-0.4, -0.2) is 20.9 Å². The van der Waals surface area contributed by atoms with Crippen LogP contribution >= 0.6 is 15.9 Å².